The van der Waals surface area contributed by atoms with E-state index < -0.39 is 17.7 Å². The van der Waals surface area contributed by atoms with Crippen molar-refractivity contribution < 1.29 is 19.1 Å². The Bertz CT molecular complexity index is 684. The van der Waals surface area contributed by atoms with Crippen molar-refractivity contribution in [3.63, 3.8) is 0 Å². The zero-order valence-electron chi connectivity index (χ0n) is 11.0. The molecule has 0 saturated carbocycles. The molecule has 0 atom stereocenters. The number of rotatable bonds is 4. The van der Waals surface area contributed by atoms with Crippen LogP contribution < -0.4 is 11.1 Å². The van der Waals surface area contributed by atoms with Gasteiger partial charge in [-0.1, -0.05) is 12.1 Å². The van der Waals surface area contributed by atoms with E-state index in [1.807, 2.05) is 0 Å². The van der Waals surface area contributed by atoms with Gasteiger partial charge in [-0.15, -0.1) is 0 Å². The normalized spacial score (nSPS) is 10.1. The number of nitrogens with one attached hydrogen (secondary N) is 1. The van der Waals surface area contributed by atoms with Crippen LogP contribution in [-0.4, -0.2) is 17.0 Å². The Morgan fingerprint density at radius 2 is 1.71 bits per heavy atom. The van der Waals surface area contributed by atoms with E-state index in [0.29, 0.717) is 0 Å². The lowest BCUT2D eigenvalue weighted by atomic mass is 10.1. The first-order valence-electron chi connectivity index (χ1n) is 6.13. The van der Waals surface area contributed by atoms with Gasteiger partial charge in [-0.3, -0.25) is 4.79 Å². The molecule has 108 valence electrons. The number of hydrogen-bond acceptors (Lipinski definition) is 3. The zero-order valence-corrected chi connectivity index (χ0v) is 11.0. The van der Waals surface area contributed by atoms with Crippen LogP contribution in [0.1, 0.15) is 26.3 Å². The molecule has 0 spiro atoms. The average molecular weight is 288 g/mol. The van der Waals surface area contributed by atoms with Crippen LogP contribution in [0.2, 0.25) is 0 Å². The lowest BCUT2D eigenvalue weighted by Gasteiger charge is -2.06. The van der Waals surface area contributed by atoms with Gasteiger partial charge in [0, 0.05) is 12.1 Å². The van der Waals surface area contributed by atoms with Gasteiger partial charge in [-0.05, 0) is 35.9 Å². The van der Waals surface area contributed by atoms with Crippen LogP contribution in [0, 0.1) is 5.82 Å². The lowest BCUT2D eigenvalue weighted by molar-refractivity contribution is 0.0696. The number of carboxylic acid groups (broad SMARTS) is 1. The number of halogens is 1. The number of nitrogen functional groups attached to an aromatic ring is 1. The smallest absolute Gasteiger partial charge is 0.335 e. The van der Waals surface area contributed by atoms with E-state index in [0.717, 1.165) is 11.6 Å². The number of carboxylic acids is 1. The molecule has 2 aromatic carbocycles. The summed E-state index contributed by atoms with van der Waals surface area (Å²) in [7, 11) is 0. The van der Waals surface area contributed by atoms with E-state index in [1.165, 1.54) is 24.3 Å². The highest BCUT2D eigenvalue weighted by Gasteiger charge is 2.08. The summed E-state index contributed by atoms with van der Waals surface area (Å²) in [5.74, 6) is -2.09. The quantitative estimate of drug-likeness (QED) is 0.751. The first kappa shape index (κ1) is 14.5. The number of nitrogens with two attached hydrogens (primary N) is 1. The second-order valence-corrected chi connectivity index (χ2v) is 4.42. The first-order chi connectivity index (χ1) is 9.97. The average Bonchev–Trinajstić information content (AvgIpc) is 2.48. The summed E-state index contributed by atoms with van der Waals surface area (Å²) in [5.41, 5.74) is 6.40. The molecule has 5 nitrogen and oxygen atoms in total. The molecule has 0 unspecified atom stereocenters. The molecular weight excluding hydrogens is 275 g/mol. The van der Waals surface area contributed by atoms with Gasteiger partial charge in [-0.2, -0.15) is 0 Å². The van der Waals surface area contributed by atoms with Gasteiger partial charge in [0.25, 0.3) is 5.91 Å². The monoisotopic (exact) mass is 288 g/mol. The Balaban J connectivity index is 2.00. The summed E-state index contributed by atoms with van der Waals surface area (Å²) in [6.45, 7) is 0.213. The molecule has 4 N–H and O–H groups in total. The van der Waals surface area contributed by atoms with Crippen LogP contribution in [0.3, 0.4) is 0 Å². The summed E-state index contributed by atoms with van der Waals surface area (Å²) in [6, 6.07) is 9.94. The van der Waals surface area contributed by atoms with Gasteiger partial charge in [0.05, 0.1) is 11.3 Å². The molecule has 0 saturated heterocycles. The number of benzene rings is 2. The Morgan fingerprint density at radius 3 is 2.29 bits per heavy atom. The van der Waals surface area contributed by atoms with Crippen LogP contribution >= 0.6 is 0 Å². The standard InChI is InChI=1S/C15H13FN2O3/c16-12-7-11(5-6-13(12)17)14(19)18-8-9-1-3-10(4-2-9)15(20)21/h1-7H,8,17H2,(H,18,19)(H,20,21). The van der Waals surface area contributed by atoms with Gasteiger partial charge >= 0.3 is 5.97 Å². The second-order valence-electron chi connectivity index (χ2n) is 4.42. The maximum Gasteiger partial charge on any atom is 0.335 e. The van der Waals surface area contributed by atoms with Crippen molar-refractivity contribution in [3.05, 3.63) is 65.0 Å². The minimum absolute atomic E-state index is 0.0178. The highest BCUT2D eigenvalue weighted by Crippen LogP contribution is 2.12. The molecule has 0 radical (unpaired) electrons. The number of carbonyl (C=O) groups is 2. The number of carbonyl (C=O) groups excluding carboxylic acids is 1. The molecule has 0 heterocycles. The number of aromatic carboxylic acids is 1. The first-order valence-corrected chi connectivity index (χ1v) is 6.13. The number of anilines is 1. The molecule has 0 aliphatic rings. The lowest BCUT2D eigenvalue weighted by Crippen LogP contribution is -2.23. The Kier molecular flexibility index (Phi) is 4.18. The maximum absolute atomic E-state index is 13.3. The van der Waals surface area contributed by atoms with E-state index in [1.54, 1.807) is 12.1 Å². The minimum atomic E-state index is -1.01. The zero-order chi connectivity index (χ0) is 15.4. The highest BCUT2D eigenvalue weighted by molar-refractivity contribution is 5.94. The third-order valence-corrected chi connectivity index (χ3v) is 2.92. The fourth-order valence-corrected chi connectivity index (χ4v) is 1.72. The van der Waals surface area contributed by atoms with Crippen molar-refractivity contribution >= 4 is 17.6 Å². The SMILES string of the molecule is Nc1ccc(C(=O)NCc2ccc(C(=O)O)cc2)cc1F. The maximum atomic E-state index is 13.3. The molecule has 1 amide bonds. The van der Waals surface area contributed by atoms with Gasteiger partial charge in [0.15, 0.2) is 0 Å². The van der Waals surface area contributed by atoms with E-state index >= 15 is 0 Å². The van der Waals surface area contributed by atoms with E-state index in [9.17, 15) is 14.0 Å². The van der Waals surface area contributed by atoms with Crippen LogP contribution in [0.25, 0.3) is 0 Å². The molecule has 0 fully saturated rings. The summed E-state index contributed by atoms with van der Waals surface area (Å²) in [6.07, 6.45) is 0. The molecule has 6 heteroatoms. The number of amides is 1. The van der Waals surface area contributed by atoms with Crippen LogP contribution in [0.4, 0.5) is 10.1 Å². The van der Waals surface area contributed by atoms with E-state index in [4.69, 9.17) is 10.8 Å². The highest BCUT2D eigenvalue weighted by atomic mass is 19.1. The molecule has 2 rings (SSSR count). The topological polar surface area (TPSA) is 92.4 Å². The predicted octanol–water partition coefficient (Wildman–Crippen LogP) is 2.04. The molecule has 21 heavy (non-hydrogen) atoms. The largest absolute Gasteiger partial charge is 0.478 e. The van der Waals surface area contributed by atoms with Crippen molar-refractivity contribution in [3.8, 4) is 0 Å². The molecule has 2 aromatic rings. The molecule has 0 aliphatic carbocycles. The van der Waals surface area contributed by atoms with Crippen LogP contribution in [-0.2, 0) is 6.54 Å². The minimum Gasteiger partial charge on any atom is -0.478 e. The second kappa shape index (κ2) is 6.04. The molecule has 0 bridgehead atoms. The third-order valence-electron chi connectivity index (χ3n) is 2.92. The fraction of sp³-hybridized carbons (Fsp3) is 0.0667. The van der Waals surface area contributed by atoms with Crippen LogP contribution in [0.15, 0.2) is 42.5 Å². The molecule has 0 aromatic heterocycles. The van der Waals surface area contributed by atoms with Gasteiger partial charge in [0.1, 0.15) is 5.82 Å². The summed E-state index contributed by atoms with van der Waals surface area (Å²) < 4.78 is 13.3. The van der Waals surface area contributed by atoms with Gasteiger partial charge < -0.3 is 16.2 Å². The van der Waals surface area contributed by atoms with Crippen LogP contribution in [0.5, 0.6) is 0 Å². The Morgan fingerprint density at radius 1 is 1.10 bits per heavy atom. The number of hydrogen-bond donors (Lipinski definition) is 3. The molecule has 0 aliphatic heterocycles. The third kappa shape index (κ3) is 3.56. The fourth-order valence-electron chi connectivity index (χ4n) is 1.72. The van der Waals surface area contributed by atoms with Crippen molar-refractivity contribution in [2.45, 2.75) is 6.54 Å². The summed E-state index contributed by atoms with van der Waals surface area (Å²) in [5, 5.41) is 11.4. The van der Waals surface area contributed by atoms with E-state index in [-0.39, 0.29) is 23.4 Å². The molecular formula is C15H13FN2O3. The Hall–Kier alpha value is -2.89. The van der Waals surface area contributed by atoms with Gasteiger partial charge in [-0.25, -0.2) is 9.18 Å². The van der Waals surface area contributed by atoms with Crippen molar-refractivity contribution in [2.75, 3.05) is 5.73 Å². The van der Waals surface area contributed by atoms with E-state index in [2.05, 4.69) is 5.32 Å². The summed E-state index contributed by atoms with van der Waals surface area (Å²) >= 11 is 0. The predicted molar refractivity (Wildman–Crippen MR) is 75.4 cm³/mol. The van der Waals surface area contributed by atoms with Crippen molar-refractivity contribution in [1.29, 1.82) is 0 Å². The van der Waals surface area contributed by atoms with Crippen molar-refractivity contribution in [1.82, 2.24) is 5.32 Å². The summed E-state index contributed by atoms with van der Waals surface area (Å²) in [4.78, 5) is 22.6. The Labute approximate surface area is 120 Å². The van der Waals surface area contributed by atoms with Crippen molar-refractivity contribution in [2.24, 2.45) is 0 Å². The van der Waals surface area contributed by atoms with Gasteiger partial charge in [0.2, 0.25) is 0 Å².